The summed E-state index contributed by atoms with van der Waals surface area (Å²) in [4.78, 5) is 31.6. The van der Waals surface area contributed by atoms with Gasteiger partial charge < -0.3 is 24.0 Å². The van der Waals surface area contributed by atoms with Crippen LogP contribution in [-0.4, -0.2) is 73.1 Å². The Hall–Kier alpha value is -3.88. The quantitative estimate of drug-likeness (QED) is 0.428. The van der Waals surface area contributed by atoms with Crippen molar-refractivity contribution in [2.75, 3.05) is 51.3 Å². The lowest BCUT2D eigenvalue weighted by Crippen LogP contribution is -2.49. The third kappa shape index (κ3) is 6.47. The number of hydrogen-bond acceptors (Lipinski definition) is 6. The summed E-state index contributed by atoms with van der Waals surface area (Å²) in [6, 6.07) is 15.6. The summed E-state index contributed by atoms with van der Waals surface area (Å²) < 4.78 is 24.8. The molecule has 1 saturated heterocycles. The number of amides is 2. The van der Waals surface area contributed by atoms with Crippen molar-refractivity contribution in [1.29, 1.82) is 0 Å². The summed E-state index contributed by atoms with van der Waals surface area (Å²) >= 11 is 0. The summed E-state index contributed by atoms with van der Waals surface area (Å²) in [5.41, 5.74) is 1.51. The van der Waals surface area contributed by atoms with Gasteiger partial charge in [-0.05, 0) is 30.2 Å². The number of para-hydroxylation sites is 1. The van der Waals surface area contributed by atoms with Crippen molar-refractivity contribution < 1.29 is 23.2 Å². The highest BCUT2D eigenvalue weighted by Crippen LogP contribution is 2.25. The second kappa shape index (κ2) is 11.9. The molecular formula is C28H33FN4O4. The molecule has 0 N–H and O–H groups in total. The number of methoxy groups -OCH3 is 1. The number of rotatable bonds is 9. The van der Waals surface area contributed by atoms with E-state index in [1.807, 2.05) is 49.1 Å². The molecular weight excluding hydrogens is 475 g/mol. The maximum Gasteiger partial charge on any atom is 0.276 e. The first kappa shape index (κ1) is 26.2. The van der Waals surface area contributed by atoms with Gasteiger partial charge in [0.2, 0.25) is 5.91 Å². The lowest BCUT2D eigenvalue weighted by molar-refractivity contribution is -0.131. The topological polar surface area (TPSA) is 79.1 Å². The molecule has 196 valence electrons. The fourth-order valence-electron chi connectivity index (χ4n) is 4.46. The first-order valence-electron chi connectivity index (χ1n) is 12.5. The predicted molar refractivity (Wildman–Crippen MR) is 139 cm³/mol. The van der Waals surface area contributed by atoms with E-state index in [-0.39, 0.29) is 42.2 Å². The van der Waals surface area contributed by atoms with Gasteiger partial charge in [-0.2, -0.15) is 0 Å². The summed E-state index contributed by atoms with van der Waals surface area (Å²) in [5.74, 6) is 0.809. The minimum absolute atomic E-state index is 0.0213. The zero-order chi connectivity index (χ0) is 26.4. The summed E-state index contributed by atoms with van der Waals surface area (Å²) in [7, 11) is 1.59. The second-order valence-corrected chi connectivity index (χ2v) is 9.52. The van der Waals surface area contributed by atoms with Crippen LogP contribution in [0.15, 0.2) is 59.1 Å². The largest absolute Gasteiger partial charge is 0.497 e. The Morgan fingerprint density at radius 1 is 1.08 bits per heavy atom. The Balaban J connectivity index is 1.36. The summed E-state index contributed by atoms with van der Waals surface area (Å²) in [6.07, 6.45) is 0.207. The van der Waals surface area contributed by atoms with E-state index in [0.29, 0.717) is 49.9 Å². The summed E-state index contributed by atoms with van der Waals surface area (Å²) in [6.45, 7) is 6.97. The Bertz CT molecular complexity index is 1220. The molecule has 0 bridgehead atoms. The SMILES string of the molecule is COc1cccc(-c2cc(C(=O)N(CCC(=O)N3CCN(c4ccccc4F)CC3)CC(C)C)no2)c1. The fourth-order valence-corrected chi connectivity index (χ4v) is 4.46. The van der Waals surface area contributed by atoms with E-state index in [4.69, 9.17) is 9.26 Å². The zero-order valence-electron chi connectivity index (χ0n) is 21.5. The number of aromatic nitrogens is 1. The maximum absolute atomic E-state index is 14.1. The number of nitrogens with zero attached hydrogens (tertiary/aromatic N) is 4. The molecule has 1 aromatic heterocycles. The minimum atomic E-state index is -0.274. The number of carbonyl (C=O) groups is 2. The third-order valence-electron chi connectivity index (χ3n) is 6.38. The fraction of sp³-hybridized carbons (Fsp3) is 0.393. The standard InChI is InChI=1S/C28H33FN4O4/c1-20(2)19-33(28(35)24-18-26(37-30-24)21-7-6-8-22(17-21)36-3)12-11-27(34)32-15-13-31(14-16-32)25-10-5-4-9-23(25)29/h4-10,17-18,20H,11-16,19H2,1-3H3. The molecule has 37 heavy (non-hydrogen) atoms. The highest BCUT2D eigenvalue weighted by molar-refractivity contribution is 5.93. The number of piperazine rings is 1. The van der Waals surface area contributed by atoms with Crippen molar-refractivity contribution in [3.63, 3.8) is 0 Å². The number of benzene rings is 2. The van der Waals surface area contributed by atoms with E-state index in [9.17, 15) is 14.0 Å². The van der Waals surface area contributed by atoms with E-state index in [0.717, 1.165) is 5.56 Å². The Morgan fingerprint density at radius 3 is 2.54 bits per heavy atom. The van der Waals surface area contributed by atoms with Crippen molar-refractivity contribution in [2.24, 2.45) is 5.92 Å². The van der Waals surface area contributed by atoms with Crippen LogP contribution in [0.4, 0.5) is 10.1 Å². The van der Waals surface area contributed by atoms with Crippen LogP contribution in [0.2, 0.25) is 0 Å². The van der Waals surface area contributed by atoms with Crippen LogP contribution < -0.4 is 9.64 Å². The summed E-state index contributed by atoms with van der Waals surface area (Å²) in [5, 5.41) is 4.00. The van der Waals surface area contributed by atoms with Gasteiger partial charge in [-0.3, -0.25) is 9.59 Å². The molecule has 3 aromatic rings. The van der Waals surface area contributed by atoms with Gasteiger partial charge in [-0.1, -0.05) is 43.3 Å². The molecule has 0 saturated carbocycles. The molecule has 1 fully saturated rings. The molecule has 4 rings (SSSR count). The minimum Gasteiger partial charge on any atom is -0.497 e. The number of carbonyl (C=O) groups excluding carboxylic acids is 2. The highest BCUT2D eigenvalue weighted by atomic mass is 19.1. The average molecular weight is 509 g/mol. The van der Waals surface area contributed by atoms with Gasteiger partial charge in [0.1, 0.15) is 11.6 Å². The molecule has 0 aliphatic carbocycles. The van der Waals surface area contributed by atoms with Crippen molar-refractivity contribution in [2.45, 2.75) is 20.3 Å². The van der Waals surface area contributed by atoms with Crippen molar-refractivity contribution in [3.8, 4) is 17.1 Å². The molecule has 9 heteroatoms. The van der Waals surface area contributed by atoms with Gasteiger partial charge in [0, 0.05) is 57.3 Å². The molecule has 8 nitrogen and oxygen atoms in total. The molecule has 2 heterocycles. The van der Waals surface area contributed by atoms with E-state index < -0.39 is 0 Å². The van der Waals surface area contributed by atoms with Gasteiger partial charge in [-0.25, -0.2) is 4.39 Å². The van der Waals surface area contributed by atoms with Crippen LogP contribution in [0.3, 0.4) is 0 Å². The Labute approximate surface area is 216 Å². The molecule has 1 aliphatic rings. The van der Waals surface area contributed by atoms with E-state index in [1.54, 1.807) is 35.1 Å². The average Bonchev–Trinajstić information content (AvgIpc) is 3.41. The third-order valence-corrected chi connectivity index (χ3v) is 6.38. The molecule has 0 unspecified atom stereocenters. The first-order valence-corrected chi connectivity index (χ1v) is 12.5. The van der Waals surface area contributed by atoms with Crippen LogP contribution in [0.25, 0.3) is 11.3 Å². The lowest BCUT2D eigenvalue weighted by Gasteiger charge is -2.36. The number of anilines is 1. The highest BCUT2D eigenvalue weighted by Gasteiger charge is 2.26. The lowest BCUT2D eigenvalue weighted by atomic mass is 10.1. The smallest absolute Gasteiger partial charge is 0.276 e. The van der Waals surface area contributed by atoms with Crippen LogP contribution in [0.1, 0.15) is 30.8 Å². The van der Waals surface area contributed by atoms with Gasteiger partial charge in [-0.15, -0.1) is 0 Å². The van der Waals surface area contributed by atoms with Crippen molar-refractivity contribution in [3.05, 3.63) is 66.1 Å². The normalized spacial score (nSPS) is 13.6. The Kier molecular flexibility index (Phi) is 8.43. The molecule has 0 atom stereocenters. The van der Waals surface area contributed by atoms with Crippen molar-refractivity contribution in [1.82, 2.24) is 15.0 Å². The molecule has 1 aliphatic heterocycles. The number of ether oxygens (including phenoxy) is 1. The van der Waals surface area contributed by atoms with Crippen LogP contribution >= 0.6 is 0 Å². The van der Waals surface area contributed by atoms with E-state index in [2.05, 4.69) is 5.16 Å². The van der Waals surface area contributed by atoms with Gasteiger partial charge in [0.15, 0.2) is 11.5 Å². The first-order chi connectivity index (χ1) is 17.9. The Morgan fingerprint density at radius 2 is 1.84 bits per heavy atom. The van der Waals surface area contributed by atoms with E-state index in [1.165, 1.54) is 6.07 Å². The van der Waals surface area contributed by atoms with Gasteiger partial charge in [0.25, 0.3) is 5.91 Å². The predicted octanol–water partition coefficient (Wildman–Crippen LogP) is 4.33. The number of hydrogen-bond donors (Lipinski definition) is 0. The molecule has 2 aromatic carbocycles. The van der Waals surface area contributed by atoms with Crippen LogP contribution in [-0.2, 0) is 4.79 Å². The zero-order valence-corrected chi connectivity index (χ0v) is 21.5. The van der Waals surface area contributed by atoms with E-state index >= 15 is 0 Å². The molecule has 0 radical (unpaired) electrons. The number of halogens is 1. The molecule has 0 spiro atoms. The maximum atomic E-state index is 14.1. The second-order valence-electron chi connectivity index (χ2n) is 9.52. The van der Waals surface area contributed by atoms with Crippen LogP contribution in [0.5, 0.6) is 5.75 Å². The molecule has 2 amide bonds. The van der Waals surface area contributed by atoms with Crippen LogP contribution in [0, 0.1) is 11.7 Å². The van der Waals surface area contributed by atoms with Gasteiger partial charge in [0.05, 0.1) is 12.8 Å². The van der Waals surface area contributed by atoms with Crippen molar-refractivity contribution >= 4 is 17.5 Å². The van der Waals surface area contributed by atoms with Gasteiger partial charge >= 0.3 is 0 Å². The monoisotopic (exact) mass is 508 g/mol.